The zero-order valence-electron chi connectivity index (χ0n) is 17.2. The SMILES string of the molecule is O=C(Nc1ccc(S(=O)(=O)Nc2ccc(Cl)nn2)cc1)c1ccnn1COc1ccccc1Cl. The van der Waals surface area contributed by atoms with Crippen LogP contribution in [-0.4, -0.2) is 34.3 Å². The van der Waals surface area contributed by atoms with E-state index in [0.717, 1.165) is 0 Å². The highest BCUT2D eigenvalue weighted by atomic mass is 35.5. The zero-order chi connectivity index (χ0) is 24.1. The minimum atomic E-state index is -3.91. The van der Waals surface area contributed by atoms with Gasteiger partial charge in [-0.3, -0.25) is 9.52 Å². The van der Waals surface area contributed by atoms with Crippen molar-refractivity contribution in [2.45, 2.75) is 11.6 Å². The summed E-state index contributed by atoms with van der Waals surface area (Å²) in [6.45, 7) is -0.0318. The number of rotatable bonds is 8. The van der Waals surface area contributed by atoms with E-state index in [0.29, 0.717) is 16.5 Å². The Morgan fingerprint density at radius 2 is 1.74 bits per heavy atom. The molecular weight excluding hydrogens is 503 g/mol. The average molecular weight is 519 g/mol. The molecule has 0 unspecified atom stereocenters. The predicted molar refractivity (Wildman–Crippen MR) is 127 cm³/mol. The number of sulfonamides is 1. The lowest BCUT2D eigenvalue weighted by Crippen LogP contribution is -2.20. The minimum absolute atomic E-state index is 0.0223. The Kier molecular flexibility index (Phi) is 6.96. The molecule has 0 saturated heterocycles. The lowest BCUT2D eigenvalue weighted by atomic mass is 10.3. The number of amides is 1. The lowest BCUT2D eigenvalue weighted by molar-refractivity contribution is 0.100. The minimum Gasteiger partial charge on any atom is -0.470 e. The van der Waals surface area contributed by atoms with Gasteiger partial charge in [-0.25, -0.2) is 13.1 Å². The highest BCUT2D eigenvalue weighted by Gasteiger charge is 2.17. The van der Waals surface area contributed by atoms with E-state index in [-0.39, 0.29) is 28.3 Å². The Labute approximate surface area is 204 Å². The van der Waals surface area contributed by atoms with E-state index in [1.807, 2.05) is 0 Å². The van der Waals surface area contributed by atoms with Crippen LogP contribution in [0.4, 0.5) is 11.5 Å². The van der Waals surface area contributed by atoms with Gasteiger partial charge in [0.05, 0.1) is 9.92 Å². The maximum atomic E-state index is 12.7. The molecule has 0 bridgehead atoms. The Hall–Kier alpha value is -3.67. The third kappa shape index (κ3) is 5.63. The molecule has 2 aromatic heterocycles. The third-order valence-corrected chi connectivity index (χ3v) is 6.31. The summed E-state index contributed by atoms with van der Waals surface area (Å²) in [5, 5.41) is 14.6. The Morgan fingerprint density at radius 3 is 2.44 bits per heavy atom. The Bertz CT molecular complexity index is 1410. The summed E-state index contributed by atoms with van der Waals surface area (Å²) < 4.78 is 34.4. The molecule has 34 heavy (non-hydrogen) atoms. The molecule has 4 aromatic rings. The van der Waals surface area contributed by atoms with E-state index in [9.17, 15) is 13.2 Å². The molecule has 0 spiro atoms. The van der Waals surface area contributed by atoms with Gasteiger partial charge >= 0.3 is 0 Å². The maximum absolute atomic E-state index is 12.7. The molecule has 174 valence electrons. The van der Waals surface area contributed by atoms with Crippen molar-refractivity contribution < 1.29 is 17.9 Å². The molecule has 0 aliphatic heterocycles. The van der Waals surface area contributed by atoms with Gasteiger partial charge in [0.15, 0.2) is 17.7 Å². The molecule has 0 aliphatic carbocycles. The maximum Gasteiger partial charge on any atom is 0.274 e. The highest BCUT2D eigenvalue weighted by molar-refractivity contribution is 7.92. The second-order valence-electron chi connectivity index (χ2n) is 6.75. The summed E-state index contributed by atoms with van der Waals surface area (Å²) >= 11 is 11.7. The van der Waals surface area contributed by atoms with Gasteiger partial charge in [-0.15, -0.1) is 10.2 Å². The predicted octanol–water partition coefficient (Wildman–Crippen LogP) is 4.07. The number of para-hydroxylation sites is 1. The topological polar surface area (TPSA) is 128 Å². The summed E-state index contributed by atoms with van der Waals surface area (Å²) in [7, 11) is -3.91. The standard InChI is InChI=1S/C21H16Cl2N6O4S/c22-16-3-1-2-4-18(16)33-13-29-17(11-12-24-29)21(30)25-14-5-7-15(8-6-14)34(31,32)28-20-10-9-19(23)26-27-20/h1-12H,13H2,(H,25,30)(H,27,28). The van der Waals surface area contributed by atoms with Crippen molar-refractivity contribution >= 4 is 50.6 Å². The van der Waals surface area contributed by atoms with Crippen molar-refractivity contribution in [3.63, 3.8) is 0 Å². The van der Waals surface area contributed by atoms with Crippen LogP contribution in [-0.2, 0) is 16.8 Å². The fourth-order valence-corrected chi connectivity index (χ4v) is 4.09. The first kappa shape index (κ1) is 23.5. The Morgan fingerprint density at radius 1 is 0.971 bits per heavy atom. The number of nitrogens with zero attached hydrogens (tertiary/aromatic N) is 4. The number of carbonyl (C=O) groups excluding carboxylic acids is 1. The summed E-state index contributed by atoms with van der Waals surface area (Å²) in [4.78, 5) is 12.7. The van der Waals surface area contributed by atoms with Crippen LogP contribution in [0.25, 0.3) is 0 Å². The molecular formula is C21H16Cl2N6O4S. The molecule has 0 atom stereocenters. The normalized spacial score (nSPS) is 11.1. The first-order valence-corrected chi connectivity index (χ1v) is 11.9. The number of halogens is 2. The lowest BCUT2D eigenvalue weighted by Gasteiger charge is -2.11. The fraction of sp³-hybridized carbons (Fsp3) is 0.0476. The van der Waals surface area contributed by atoms with Gasteiger partial charge in [0.2, 0.25) is 0 Å². The number of nitrogens with one attached hydrogen (secondary N) is 2. The number of anilines is 2. The van der Waals surface area contributed by atoms with Crippen LogP contribution in [0, 0.1) is 0 Å². The van der Waals surface area contributed by atoms with Crippen LogP contribution in [0.1, 0.15) is 10.5 Å². The molecule has 0 saturated carbocycles. The van der Waals surface area contributed by atoms with Crippen molar-refractivity contribution in [1.29, 1.82) is 0 Å². The number of aromatic nitrogens is 4. The van der Waals surface area contributed by atoms with Gasteiger partial charge in [-0.05, 0) is 54.6 Å². The summed E-state index contributed by atoms with van der Waals surface area (Å²) in [6.07, 6.45) is 1.46. The van der Waals surface area contributed by atoms with E-state index in [1.165, 1.54) is 53.3 Å². The Balaban J connectivity index is 1.41. The van der Waals surface area contributed by atoms with Crippen molar-refractivity contribution in [3.05, 3.63) is 88.8 Å². The number of benzene rings is 2. The first-order valence-electron chi connectivity index (χ1n) is 9.64. The second kappa shape index (κ2) is 10.1. The van der Waals surface area contributed by atoms with Crippen LogP contribution < -0.4 is 14.8 Å². The molecule has 2 heterocycles. The van der Waals surface area contributed by atoms with Gasteiger partial charge in [0, 0.05) is 11.9 Å². The van der Waals surface area contributed by atoms with Crippen LogP contribution in [0.2, 0.25) is 10.2 Å². The molecule has 0 aliphatic rings. The average Bonchev–Trinajstić information content (AvgIpc) is 3.29. The van der Waals surface area contributed by atoms with Crippen LogP contribution >= 0.6 is 23.2 Å². The molecule has 0 radical (unpaired) electrons. The van der Waals surface area contributed by atoms with Crippen molar-refractivity contribution in [2.24, 2.45) is 0 Å². The second-order valence-corrected chi connectivity index (χ2v) is 9.22. The zero-order valence-corrected chi connectivity index (χ0v) is 19.5. The van der Waals surface area contributed by atoms with Gasteiger partial charge in [0.1, 0.15) is 11.4 Å². The van der Waals surface area contributed by atoms with E-state index < -0.39 is 15.9 Å². The highest BCUT2D eigenvalue weighted by Crippen LogP contribution is 2.23. The monoisotopic (exact) mass is 518 g/mol. The summed E-state index contributed by atoms with van der Waals surface area (Å²) in [5.74, 6) is 0.0282. The van der Waals surface area contributed by atoms with Gasteiger partial charge in [0.25, 0.3) is 15.9 Å². The molecule has 1 amide bonds. The van der Waals surface area contributed by atoms with E-state index >= 15 is 0 Å². The molecule has 10 nitrogen and oxygen atoms in total. The summed E-state index contributed by atoms with van der Waals surface area (Å²) in [6, 6.07) is 16.9. The molecule has 13 heteroatoms. The van der Waals surface area contributed by atoms with Crippen LogP contribution in [0.3, 0.4) is 0 Å². The van der Waals surface area contributed by atoms with Gasteiger partial charge < -0.3 is 10.1 Å². The van der Waals surface area contributed by atoms with Crippen LogP contribution in [0.5, 0.6) is 5.75 Å². The number of carbonyl (C=O) groups is 1. The number of hydrogen-bond acceptors (Lipinski definition) is 7. The van der Waals surface area contributed by atoms with Gasteiger partial charge in [-0.1, -0.05) is 35.3 Å². The van der Waals surface area contributed by atoms with Gasteiger partial charge in [-0.2, -0.15) is 5.10 Å². The van der Waals surface area contributed by atoms with E-state index in [4.69, 9.17) is 27.9 Å². The van der Waals surface area contributed by atoms with Crippen molar-refractivity contribution in [2.75, 3.05) is 10.0 Å². The van der Waals surface area contributed by atoms with Crippen LogP contribution in [0.15, 0.2) is 77.8 Å². The summed E-state index contributed by atoms with van der Waals surface area (Å²) in [5.41, 5.74) is 0.627. The molecule has 2 aromatic carbocycles. The first-order chi connectivity index (χ1) is 16.3. The quantitative estimate of drug-likeness (QED) is 0.359. The molecule has 2 N–H and O–H groups in total. The van der Waals surface area contributed by atoms with Crippen molar-refractivity contribution in [3.8, 4) is 5.75 Å². The molecule has 0 fully saturated rings. The smallest absolute Gasteiger partial charge is 0.274 e. The number of ether oxygens (including phenoxy) is 1. The third-order valence-electron chi connectivity index (χ3n) is 4.42. The van der Waals surface area contributed by atoms with E-state index in [1.54, 1.807) is 24.3 Å². The molecule has 4 rings (SSSR count). The number of hydrogen-bond donors (Lipinski definition) is 2. The fourth-order valence-electron chi connectivity index (χ4n) is 2.80. The largest absolute Gasteiger partial charge is 0.470 e. The van der Waals surface area contributed by atoms with Crippen molar-refractivity contribution in [1.82, 2.24) is 20.0 Å². The van der Waals surface area contributed by atoms with E-state index in [2.05, 4.69) is 25.3 Å².